The fourth-order valence-corrected chi connectivity index (χ4v) is 2.37. The van der Waals surface area contributed by atoms with E-state index in [0.29, 0.717) is 25.2 Å². The number of aromatic nitrogens is 1. The maximum Gasteiger partial charge on any atom is 0.471 e. The Balaban J connectivity index is 1.78. The second kappa shape index (κ2) is 6.80. The van der Waals surface area contributed by atoms with Crippen LogP contribution in [0.4, 0.5) is 24.7 Å². The molecule has 0 atom stereocenters. The topological polar surface area (TPSA) is 88.4 Å². The molecule has 2 rings (SSSR count). The van der Waals surface area contributed by atoms with Gasteiger partial charge in [-0.1, -0.05) is 0 Å². The summed E-state index contributed by atoms with van der Waals surface area (Å²) in [7, 11) is 0. The lowest BCUT2D eigenvalue weighted by Gasteiger charge is -2.32. The average Bonchev–Trinajstić information content (AvgIpc) is 2.52. The van der Waals surface area contributed by atoms with Gasteiger partial charge in [-0.05, 0) is 24.8 Å². The normalized spacial score (nSPS) is 16.2. The highest BCUT2D eigenvalue weighted by molar-refractivity contribution is 5.81. The third kappa shape index (κ3) is 4.54. The zero-order chi connectivity index (χ0) is 17.0. The van der Waals surface area contributed by atoms with Crippen LogP contribution < -0.4 is 5.32 Å². The van der Waals surface area contributed by atoms with Crippen molar-refractivity contribution in [3.05, 3.63) is 28.4 Å². The van der Waals surface area contributed by atoms with Crippen molar-refractivity contribution in [1.82, 2.24) is 9.88 Å². The molecule has 1 aliphatic heterocycles. The van der Waals surface area contributed by atoms with Gasteiger partial charge in [-0.3, -0.25) is 14.9 Å². The minimum atomic E-state index is -4.83. The van der Waals surface area contributed by atoms with Crippen molar-refractivity contribution in [3.8, 4) is 0 Å². The number of hydrogen-bond acceptors (Lipinski definition) is 5. The first-order valence-electron chi connectivity index (χ1n) is 6.98. The van der Waals surface area contributed by atoms with Crippen molar-refractivity contribution in [2.75, 3.05) is 25.0 Å². The lowest BCUT2D eigenvalue weighted by atomic mass is 9.96. The minimum Gasteiger partial charge on any atom is -0.370 e. The van der Waals surface area contributed by atoms with E-state index in [0.717, 1.165) is 11.1 Å². The number of carbonyl (C=O) groups is 1. The average molecular weight is 332 g/mol. The Morgan fingerprint density at radius 3 is 2.52 bits per heavy atom. The van der Waals surface area contributed by atoms with E-state index in [1.165, 1.54) is 12.1 Å². The molecule has 23 heavy (non-hydrogen) atoms. The molecule has 0 bridgehead atoms. The third-order valence-electron chi connectivity index (χ3n) is 3.67. The van der Waals surface area contributed by atoms with Gasteiger partial charge in [0.05, 0.1) is 4.92 Å². The summed E-state index contributed by atoms with van der Waals surface area (Å²) in [6.07, 6.45) is -2.77. The maximum atomic E-state index is 12.3. The number of nitrogens with zero attached hydrogens (tertiary/aromatic N) is 3. The molecule has 126 valence electrons. The molecule has 1 fully saturated rings. The number of likely N-dealkylation sites (tertiary alicyclic amines) is 1. The van der Waals surface area contributed by atoms with Gasteiger partial charge in [-0.25, -0.2) is 4.98 Å². The highest BCUT2D eigenvalue weighted by Crippen LogP contribution is 2.24. The number of halogens is 3. The van der Waals surface area contributed by atoms with E-state index in [1.54, 1.807) is 0 Å². The number of nitrogens with one attached hydrogen (secondary N) is 1. The van der Waals surface area contributed by atoms with Crippen LogP contribution in [0.15, 0.2) is 18.3 Å². The van der Waals surface area contributed by atoms with Crippen LogP contribution in [-0.4, -0.2) is 46.5 Å². The van der Waals surface area contributed by atoms with Gasteiger partial charge >= 0.3 is 12.1 Å². The molecule has 1 aromatic heterocycles. The molecule has 0 spiro atoms. The van der Waals surface area contributed by atoms with Crippen LogP contribution in [0.25, 0.3) is 0 Å². The van der Waals surface area contributed by atoms with Crippen LogP contribution in [0.5, 0.6) is 0 Å². The van der Waals surface area contributed by atoms with Gasteiger partial charge in [-0.15, -0.1) is 0 Å². The number of alkyl halides is 3. The smallest absolute Gasteiger partial charge is 0.370 e. The van der Waals surface area contributed by atoms with E-state index in [-0.39, 0.29) is 24.7 Å². The molecule has 0 unspecified atom stereocenters. The van der Waals surface area contributed by atoms with Gasteiger partial charge in [0.2, 0.25) is 0 Å². The second-order valence-corrected chi connectivity index (χ2v) is 5.27. The molecular formula is C13H15F3N4O3. The zero-order valence-corrected chi connectivity index (χ0v) is 12.0. The molecule has 1 N–H and O–H groups in total. The third-order valence-corrected chi connectivity index (χ3v) is 3.67. The van der Waals surface area contributed by atoms with Gasteiger partial charge in [-0.2, -0.15) is 13.2 Å². The van der Waals surface area contributed by atoms with Crippen LogP contribution >= 0.6 is 0 Å². The summed E-state index contributed by atoms with van der Waals surface area (Å²) in [4.78, 5) is 25.8. The molecule has 0 saturated carbocycles. The molecule has 0 radical (unpaired) electrons. The summed E-state index contributed by atoms with van der Waals surface area (Å²) in [5, 5.41) is 13.5. The minimum absolute atomic E-state index is 0.0678. The first-order chi connectivity index (χ1) is 10.8. The highest BCUT2D eigenvalue weighted by atomic mass is 19.4. The van der Waals surface area contributed by atoms with Crippen molar-refractivity contribution in [2.45, 2.75) is 19.0 Å². The number of hydrogen-bond donors (Lipinski definition) is 1. The highest BCUT2D eigenvalue weighted by Gasteiger charge is 2.43. The fraction of sp³-hybridized carbons (Fsp3) is 0.538. The van der Waals surface area contributed by atoms with Crippen molar-refractivity contribution in [1.29, 1.82) is 0 Å². The number of rotatable bonds is 4. The van der Waals surface area contributed by atoms with Gasteiger partial charge in [0.25, 0.3) is 5.69 Å². The summed E-state index contributed by atoms with van der Waals surface area (Å²) in [6, 6.07) is 2.79. The predicted octanol–water partition coefficient (Wildman–Crippen LogP) is 2.20. The Morgan fingerprint density at radius 1 is 1.39 bits per heavy atom. The Labute approximate surface area is 129 Å². The Hall–Kier alpha value is -2.39. The number of pyridine rings is 1. The first kappa shape index (κ1) is 17.0. The quantitative estimate of drug-likeness (QED) is 0.674. The summed E-state index contributed by atoms with van der Waals surface area (Å²) >= 11 is 0. The van der Waals surface area contributed by atoms with E-state index in [1.807, 2.05) is 0 Å². The van der Waals surface area contributed by atoms with Gasteiger partial charge in [0.1, 0.15) is 12.0 Å². The monoisotopic (exact) mass is 332 g/mol. The lowest BCUT2D eigenvalue weighted by Crippen LogP contribution is -2.46. The number of nitro groups is 1. The Bertz CT molecular complexity index is 569. The summed E-state index contributed by atoms with van der Waals surface area (Å²) in [5.41, 5.74) is -0.116. The number of anilines is 1. The van der Waals surface area contributed by atoms with E-state index in [4.69, 9.17) is 0 Å². The number of amides is 1. The summed E-state index contributed by atoms with van der Waals surface area (Å²) in [6.45, 7) is 0.621. The van der Waals surface area contributed by atoms with Crippen molar-refractivity contribution in [3.63, 3.8) is 0 Å². The van der Waals surface area contributed by atoms with Crippen molar-refractivity contribution >= 4 is 17.4 Å². The standard InChI is InChI=1S/C13H15F3N4O3/c14-13(15,16)12(21)19-5-3-9(4-6-19)7-17-11-2-1-10(8-18-11)20(22)23/h1-2,8-9H,3-7H2,(H,17,18). The summed E-state index contributed by atoms with van der Waals surface area (Å²) in [5.74, 6) is -1.21. The number of carbonyl (C=O) groups excluding carboxylic acids is 1. The Kier molecular flexibility index (Phi) is 5.02. The van der Waals surface area contributed by atoms with Crippen LogP contribution in [0.3, 0.4) is 0 Å². The van der Waals surface area contributed by atoms with Gasteiger partial charge < -0.3 is 10.2 Å². The number of piperidine rings is 1. The molecule has 0 aliphatic carbocycles. The Morgan fingerprint density at radius 2 is 2.04 bits per heavy atom. The molecule has 2 heterocycles. The molecule has 1 saturated heterocycles. The predicted molar refractivity (Wildman–Crippen MR) is 74.7 cm³/mol. The molecule has 0 aromatic carbocycles. The van der Waals surface area contributed by atoms with E-state index < -0.39 is 17.0 Å². The second-order valence-electron chi connectivity index (χ2n) is 5.27. The van der Waals surface area contributed by atoms with E-state index in [2.05, 4.69) is 10.3 Å². The van der Waals surface area contributed by atoms with Crippen LogP contribution in [0.1, 0.15) is 12.8 Å². The molecular weight excluding hydrogens is 317 g/mol. The molecule has 1 amide bonds. The molecule has 7 nitrogen and oxygen atoms in total. The fourth-order valence-electron chi connectivity index (χ4n) is 2.37. The van der Waals surface area contributed by atoms with E-state index >= 15 is 0 Å². The van der Waals surface area contributed by atoms with Crippen LogP contribution in [0, 0.1) is 16.0 Å². The SMILES string of the molecule is O=C(N1CCC(CNc2ccc([N+](=O)[O-])cn2)CC1)C(F)(F)F. The van der Waals surface area contributed by atoms with E-state index in [9.17, 15) is 28.1 Å². The van der Waals surface area contributed by atoms with Gasteiger partial charge in [0.15, 0.2) is 0 Å². The molecule has 1 aromatic rings. The summed E-state index contributed by atoms with van der Waals surface area (Å²) < 4.78 is 37.0. The zero-order valence-electron chi connectivity index (χ0n) is 12.0. The molecule has 1 aliphatic rings. The van der Waals surface area contributed by atoms with Crippen molar-refractivity contribution < 1.29 is 22.9 Å². The maximum absolute atomic E-state index is 12.3. The first-order valence-corrected chi connectivity index (χ1v) is 6.98. The van der Waals surface area contributed by atoms with Crippen LogP contribution in [0.2, 0.25) is 0 Å². The lowest BCUT2D eigenvalue weighted by molar-refractivity contribution is -0.385. The van der Waals surface area contributed by atoms with Crippen molar-refractivity contribution in [2.24, 2.45) is 5.92 Å². The largest absolute Gasteiger partial charge is 0.471 e. The molecule has 10 heteroatoms. The van der Waals surface area contributed by atoms with Crippen LogP contribution in [-0.2, 0) is 4.79 Å². The van der Waals surface area contributed by atoms with Gasteiger partial charge in [0, 0.05) is 25.7 Å².